The fourth-order valence-electron chi connectivity index (χ4n) is 3.30. The molecule has 2 aliphatic rings. The van der Waals surface area contributed by atoms with Crippen LogP contribution in [0.2, 0.25) is 5.02 Å². The summed E-state index contributed by atoms with van der Waals surface area (Å²) in [6, 6.07) is 12.0. The highest BCUT2D eigenvalue weighted by atomic mass is 35.5. The Morgan fingerprint density at radius 2 is 1.76 bits per heavy atom. The van der Waals surface area contributed by atoms with Crippen LogP contribution in [0.1, 0.15) is 5.56 Å². The van der Waals surface area contributed by atoms with E-state index in [-0.39, 0.29) is 0 Å². The number of anilines is 2. The molecule has 5 nitrogen and oxygen atoms in total. The van der Waals surface area contributed by atoms with Crippen molar-refractivity contribution in [1.29, 1.82) is 0 Å². The lowest BCUT2D eigenvalue weighted by atomic mass is 10.1. The minimum Gasteiger partial charge on any atom is -0.497 e. The molecule has 0 amide bonds. The predicted octanol–water partition coefficient (Wildman–Crippen LogP) is 3.71. The molecule has 0 aliphatic carbocycles. The number of methoxy groups -OCH3 is 1. The second-order valence-corrected chi connectivity index (χ2v) is 6.82. The minimum atomic E-state index is 0.692. The summed E-state index contributed by atoms with van der Waals surface area (Å²) >= 11 is 6.21. The van der Waals surface area contributed by atoms with Crippen LogP contribution in [0, 0.1) is 0 Å². The monoisotopic (exact) mass is 356 g/mol. The molecule has 1 fully saturated rings. The zero-order valence-electron chi connectivity index (χ0n) is 14.4. The van der Waals surface area contributed by atoms with Gasteiger partial charge in [0.1, 0.15) is 5.75 Å². The summed E-state index contributed by atoms with van der Waals surface area (Å²) in [5.74, 6) is 0.826. The fraction of sp³-hybridized carbons (Fsp3) is 0.316. The minimum absolute atomic E-state index is 0.692. The number of likely N-dealkylation sites (N-methyl/N-ethyl adjacent to an activating group) is 1. The van der Waals surface area contributed by atoms with E-state index in [1.54, 1.807) is 7.11 Å². The first-order chi connectivity index (χ1) is 12.2. The molecule has 4 rings (SSSR count). The standard InChI is InChI=1S/C19H21ClN4O/c1-22-7-9-23(10-8-22)24-18-6-4-16(25-2)11-14(18)13-21-17-12-15(20)3-5-19(17)24/h3-6,11-13H,7-10H2,1-2H3. The zero-order valence-corrected chi connectivity index (χ0v) is 15.2. The number of fused-ring (bicyclic) bond motifs is 2. The number of piperazine rings is 1. The Kier molecular flexibility index (Phi) is 4.37. The molecule has 2 aliphatic heterocycles. The van der Waals surface area contributed by atoms with Gasteiger partial charge in [-0.05, 0) is 43.4 Å². The fourth-order valence-corrected chi connectivity index (χ4v) is 3.47. The highest BCUT2D eigenvalue weighted by molar-refractivity contribution is 6.31. The molecule has 130 valence electrons. The predicted molar refractivity (Wildman–Crippen MR) is 103 cm³/mol. The normalized spacial score (nSPS) is 17.8. The summed E-state index contributed by atoms with van der Waals surface area (Å²) in [6.45, 7) is 3.99. The lowest BCUT2D eigenvalue weighted by Crippen LogP contribution is -2.51. The Hall–Kier alpha value is -2.08. The molecule has 0 N–H and O–H groups in total. The van der Waals surface area contributed by atoms with Gasteiger partial charge in [-0.2, -0.15) is 0 Å². The van der Waals surface area contributed by atoms with E-state index in [1.165, 1.54) is 0 Å². The third-order valence-electron chi connectivity index (χ3n) is 4.73. The third-order valence-corrected chi connectivity index (χ3v) is 4.97. The van der Waals surface area contributed by atoms with Gasteiger partial charge in [-0.1, -0.05) is 11.6 Å². The third kappa shape index (κ3) is 3.11. The number of hydrogen-bond donors (Lipinski definition) is 0. The van der Waals surface area contributed by atoms with Crippen LogP contribution >= 0.6 is 11.6 Å². The largest absolute Gasteiger partial charge is 0.497 e. The van der Waals surface area contributed by atoms with E-state index in [2.05, 4.69) is 33.0 Å². The van der Waals surface area contributed by atoms with Crippen molar-refractivity contribution in [3.05, 3.63) is 47.0 Å². The zero-order chi connectivity index (χ0) is 17.4. The van der Waals surface area contributed by atoms with E-state index in [0.29, 0.717) is 5.02 Å². The molecule has 0 bridgehead atoms. The van der Waals surface area contributed by atoms with Crippen molar-refractivity contribution < 1.29 is 4.74 Å². The highest BCUT2D eigenvalue weighted by Gasteiger charge is 2.27. The van der Waals surface area contributed by atoms with Crippen molar-refractivity contribution in [2.75, 3.05) is 45.3 Å². The summed E-state index contributed by atoms with van der Waals surface area (Å²) in [5.41, 5.74) is 4.07. The number of benzene rings is 2. The molecule has 1 saturated heterocycles. The molecule has 25 heavy (non-hydrogen) atoms. The van der Waals surface area contributed by atoms with Crippen LogP contribution in [-0.4, -0.2) is 56.5 Å². The van der Waals surface area contributed by atoms with Gasteiger partial charge in [0.2, 0.25) is 0 Å². The second kappa shape index (κ2) is 6.67. The van der Waals surface area contributed by atoms with Crippen LogP contribution in [0.4, 0.5) is 17.1 Å². The summed E-state index contributed by atoms with van der Waals surface area (Å²) in [7, 11) is 3.84. The number of rotatable bonds is 2. The van der Waals surface area contributed by atoms with Gasteiger partial charge in [0.05, 0.1) is 24.2 Å². The SMILES string of the molecule is COc1ccc2c(c1)C=Nc1cc(Cl)ccc1N2N1CCN(C)CC1. The van der Waals surface area contributed by atoms with E-state index >= 15 is 0 Å². The molecule has 0 atom stereocenters. The lowest BCUT2D eigenvalue weighted by Gasteiger charge is -2.41. The average molecular weight is 357 g/mol. The maximum Gasteiger partial charge on any atom is 0.119 e. The number of hydrogen-bond acceptors (Lipinski definition) is 5. The Bertz CT molecular complexity index is 815. The maximum atomic E-state index is 6.21. The van der Waals surface area contributed by atoms with Gasteiger partial charge < -0.3 is 9.64 Å². The van der Waals surface area contributed by atoms with Gasteiger partial charge in [-0.25, -0.2) is 5.01 Å². The van der Waals surface area contributed by atoms with Crippen molar-refractivity contribution in [1.82, 2.24) is 9.91 Å². The van der Waals surface area contributed by atoms with Crippen LogP contribution in [0.5, 0.6) is 5.75 Å². The Morgan fingerprint density at radius 3 is 2.52 bits per heavy atom. The molecule has 0 aromatic heterocycles. The topological polar surface area (TPSA) is 31.3 Å². The van der Waals surface area contributed by atoms with Crippen LogP contribution in [0.25, 0.3) is 0 Å². The van der Waals surface area contributed by atoms with Gasteiger partial charge in [0.15, 0.2) is 0 Å². The summed E-state index contributed by atoms with van der Waals surface area (Å²) in [5, 5.41) is 5.35. The van der Waals surface area contributed by atoms with Crippen molar-refractivity contribution in [2.45, 2.75) is 0 Å². The van der Waals surface area contributed by atoms with Crippen LogP contribution in [-0.2, 0) is 0 Å². The van der Waals surface area contributed by atoms with Gasteiger partial charge in [0, 0.05) is 43.0 Å². The number of halogens is 1. The van der Waals surface area contributed by atoms with Gasteiger partial charge in [0.25, 0.3) is 0 Å². The van der Waals surface area contributed by atoms with Crippen LogP contribution < -0.4 is 9.75 Å². The number of nitrogens with zero attached hydrogens (tertiary/aromatic N) is 4. The second-order valence-electron chi connectivity index (χ2n) is 6.38. The van der Waals surface area contributed by atoms with Crippen LogP contribution in [0.15, 0.2) is 41.4 Å². The number of aliphatic imine (C=N–C) groups is 1. The number of ether oxygens (including phenoxy) is 1. The molecule has 0 unspecified atom stereocenters. The van der Waals surface area contributed by atoms with E-state index in [0.717, 1.165) is 54.6 Å². The summed E-state index contributed by atoms with van der Waals surface area (Å²) in [4.78, 5) is 7.03. The van der Waals surface area contributed by atoms with Gasteiger partial charge in [-0.15, -0.1) is 0 Å². The van der Waals surface area contributed by atoms with Gasteiger partial charge in [-0.3, -0.25) is 10.0 Å². The van der Waals surface area contributed by atoms with Crippen LogP contribution in [0.3, 0.4) is 0 Å². The Balaban J connectivity index is 1.84. The Morgan fingerprint density at radius 1 is 1.00 bits per heavy atom. The summed E-state index contributed by atoms with van der Waals surface area (Å²) < 4.78 is 5.39. The van der Waals surface area contributed by atoms with E-state index in [4.69, 9.17) is 16.3 Å². The smallest absolute Gasteiger partial charge is 0.119 e. The first-order valence-corrected chi connectivity index (χ1v) is 8.79. The molecule has 2 aromatic carbocycles. The Labute approximate surface area is 153 Å². The van der Waals surface area contributed by atoms with Crippen molar-refractivity contribution >= 4 is 34.9 Å². The molecule has 2 aromatic rings. The van der Waals surface area contributed by atoms with E-state index in [1.807, 2.05) is 36.5 Å². The number of hydrazine groups is 1. The molecule has 0 spiro atoms. The van der Waals surface area contributed by atoms with E-state index < -0.39 is 0 Å². The first-order valence-electron chi connectivity index (χ1n) is 8.41. The first kappa shape index (κ1) is 16.4. The quantitative estimate of drug-likeness (QED) is 0.820. The average Bonchev–Trinajstić information content (AvgIpc) is 2.78. The molecular formula is C19H21ClN4O. The lowest BCUT2D eigenvalue weighted by molar-refractivity contribution is 0.155. The highest BCUT2D eigenvalue weighted by Crippen LogP contribution is 2.41. The molecule has 6 heteroatoms. The molecule has 2 heterocycles. The van der Waals surface area contributed by atoms with Crippen molar-refractivity contribution in [3.63, 3.8) is 0 Å². The molecule has 0 saturated carbocycles. The van der Waals surface area contributed by atoms with Crippen molar-refractivity contribution in [2.24, 2.45) is 4.99 Å². The molecular weight excluding hydrogens is 336 g/mol. The van der Waals surface area contributed by atoms with Crippen molar-refractivity contribution in [3.8, 4) is 5.75 Å². The summed E-state index contributed by atoms with van der Waals surface area (Å²) in [6.07, 6.45) is 1.89. The van der Waals surface area contributed by atoms with E-state index in [9.17, 15) is 0 Å². The maximum absolute atomic E-state index is 6.21. The van der Waals surface area contributed by atoms with Gasteiger partial charge >= 0.3 is 0 Å². The molecule has 0 radical (unpaired) electrons.